The quantitative estimate of drug-likeness (QED) is 0.517. The number of nitrogens with one attached hydrogen (secondary N) is 1. The van der Waals surface area contributed by atoms with Crippen molar-refractivity contribution in [2.24, 2.45) is 0 Å². The van der Waals surface area contributed by atoms with Gasteiger partial charge < -0.3 is 15.0 Å². The number of amides is 1. The SMILES string of the molecule is CCS(=O)(=O)c1ccc(N2CCC(NC(=O)c3cccc(OCc4ccccc4)c3)CC2)cc1. The fourth-order valence-corrected chi connectivity index (χ4v) is 4.93. The first-order chi connectivity index (χ1) is 16.4. The molecular formula is C27H30N2O4S. The monoisotopic (exact) mass is 478 g/mol. The molecule has 1 saturated heterocycles. The number of hydrogen-bond donors (Lipinski definition) is 1. The van der Waals surface area contributed by atoms with E-state index in [1.165, 1.54) is 0 Å². The summed E-state index contributed by atoms with van der Waals surface area (Å²) in [5, 5.41) is 3.14. The second-order valence-electron chi connectivity index (χ2n) is 8.43. The van der Waals surface area contributed by atoms with Crippen LogP contribution in [0.2, 0.25) is 0 Å². The highest BCUT2D eigenvalue weighted by Gasteiger charge is 2.22. The zero-order valence-corrected chi connectivity index (χ0v) is 20.1. The number of hydrogen-bond acceptors (Lipinski definition) is 5. The van der Waals surface area contributed by atoms with Gasteiger partial charge >= 0.3 is 0 Å². The van der Waals surface area contributed by atoms with Crippen LogP contribution in [-0.2, 0) is 16.4 Å². The lowest BCUT2D eigenvalue weighted by Crippen LogP contribution is -2.44. The van der Waals surface area contributed by atoms with Gasteiger partial charge in [0.1, 0.15) is 12.4 Å². The Bertz CT molecular complexity index is 1200. The number of sulfone groups is 1. The van der Waals surface area contributed by atoms with Gasteiger partial charge in [0.05, 0.1) is 10.6 Å². The lowest BCUT2D eigenvalue weighted by atomic mass is 10.0. The molecule has 0 radical (unpaired) electrons. The van der Waals surface area contributed by atoms with Crippen LogP contribution in [0.3, 0.4) is 0 Å². The van der Waals surface area contributed by atoms with Crippen LogP contribution >= 0.6 is 0 Å². The first-order valence-corrected chi connectivity index (χ1v) is 13.3. The average Bonchev–Trinajstić information content (AvgIpc) is 2.89. The molecule has 1 amide bonds. The summed E-state index contributed by atoms with van der Waals surface area (Å²) in [5.41, 5.74) is 2.66. The van der Waals surface area contributed by atoms with E-state index in [0.29, 0.717) is 22.8 Å². The Labute approximate surface area is 201 Å². The van der Waals surface area contributed by atoms with Crippen LogP contribution in [0.1, 0.15) is 35.7 Å². The molecule has 1 aliphatic rings. The summed E-state index contributed by atoms with van der Waals surface area (Å²) in [6.07, 6.45) is 1.65. The molecule has 0 atom stereocenters. The smallest absolute Gasteiger partial charge is 0.251 e. The first-order valence-electron chi connectivity index (χ1n) is 11.6. The highest BCUT2D eigenvalue weighted by molar-refractivity contribution is 7.91. The number of nitrogens with zero attached hydrogens (tertiary/aromatic N) is 1. The molecule has 1 N–H and O–H groups in total. The van der Waals surface area contributed by atoms with Crippen molar-refractivity contribution in [2.75, 3.05) is 23.7 Å². The number of anilines is 1. The van der Waals surface area contributed by atoms with Crippen LogP contribution in [0.15, 0.2) is 83.8 Å². The highest BCUT2D eigenvalue weighted by Crippen LogP contribution is 2.23. The summed E-state index contributed by atoms with van der Waals surface area (Å²) in [5.74, 6) is 0.664. The number of rotatable bonds is 8. The van der Waals surface area contributed by atoms with Crippen molar-refractivity contribution in [2.45, 2.75) is 37.3 Å². The topological polar surface area (TPSA) is 75.7 Å². The van der Waals surface area contributed by atoms with Gasteiger partial charge in [-0.25, -0.2) is 8.42 Å². The third-order valence-electron chi connectivity index (χ3n) is 6.12. The molecule has 0 saturated carbocycles. The normalized spacial score (nSPS) is 14.6. The molecule has 1 fully saturated rings. The van der Waals surface area contributed by atoms with Gasteiger partial charge in [-0.2, -0.15) is 0 Å². The molecule has 4 rings (SSSR count). The van der Waals surface area contributed by atoms with Gasteiger partial charge in [0, 0.05) is 30.4 Å². The summed E-state index contributed by atoms with van der Waals surface area (Å²) < 4.78 is 29.9. The van der Waals surface area contributed by atoms with E-state index in [-0.39, 0.29) is 17.7 Å². The van der Waals surface area contributed by atoms with Crippen molar-refractivity contribution < 1.29 is 17.9 Å². The summed E-state index contributed by atoms with van der Waals surface area (Å²) in [7, 11) is -3.19. The lowest BCUT2D eigenvalue weighted by molar-refractivity contribution is 0.0930. The lowest BCUT2D eigenvalue weighted by Gasteiger charge is -2.34. The molecule has 0 aliphatic carbocycles. The van der Waals surface area contributed by atoms with Crippen LogP contribution in [0.25, 0.3) is 0 Å². The second-order valence-corrected chi connectivity index (χ2v) is 10.7. The van der Waals surface area contributed by atoms with Gasteiger partial charge in [0.25, 0.3) is 5.91 Å². The van der Waals surface area contributed by atoms with E-state index in [0.717, 1.165) is 37.2 Å². The zero-order valence-electron chi connectivity index (χ0n) is 19.3. The highest BCUT2D eigenvalue weighted by atomic mass is 32.2. The third-order valence-corrected chi connectivity index (χ3v) is 7.87. The van der Waals surface area contributed by atoms with Gasteiger partial charge in [-0.3, -0.25) is 4.79 Å². The Morgan fingerprint density at radius 3 is 2.35 bits per heavy atom. The van der Waals surface area contributed by atoms with E-state index >= 15 is 0 Å². The minimum absolute atomic E-state index is 0.0948. The van der Waals surface area contributed by atoms with E-state index in [1.807, 2.05) is 54.6 Å². The molecule has 0 unspecified atom stereocenters. The molecule has 0 aromatic heterocycles. The Morgan fingerprint density at radius 2 is 1.68 bits per heavy atom. The van der Waals surface area contributed by atoms with Crippen LogP contribution in [-0.4, -0.2) is 39.2 Å². The minimum Gasteiger partial charge on any atom is -0.489 e. The summed E-state index contributed by atoms with van der Waals surface area (Å²) in [6.45, 7) is 3.70. The standard InChI is InChI=1S/C27H30N2O4S/c1-2-34(31,32)26-13-11-24(12-14-26)29-17-15-23(16-18-29)28-27(30)22-9-6-10-25(19-22)33-20-21-7-4-3-5-8-21/h3-14,19,23H,2,15-18,20H2,1H3,(H,28,30). The van der Waals surface area contributed by atoms with E-state index in [1.54, 1.807) is 31.2 Å². The summed E-state index contributed by atoms with van der Waals surface area (Å²) >= 11 is 0. The second kappa shape index (κ2) is 10.7. The van der Waals surface area contributed by atoms with Crippen molar-refractivity contribution in [1.82, 2.24) is 5.32 Å². The first kappa shape index (κ1) is 23.8. The Morgan fingerprint density at radius 1 is 0.971 bits per heavy atom. The Balaban J connectivity index is 1.29. The van der Waals surface area contributed by atoms with Crippen LogP contribution in [0.4, 0.5) is 5.69 Å². The summed E-state index contributed by atoms with van der Waals surface area (Å²) in [4.78, 5) is 15.4. The molecule has 3 aromatic carbocycles. The molecule has 1 aliphatic heterocycles. The maximum absolute atomic E-state index is 12.8. The number of ether oxygens (including phenoxy) is 1. The van der Waals surface area contributed by atoms with Crippen LogP contribution in [0, 0.1) is 0 Å². The van der Waals surface area contributed by atoms with Crippen molar-refractivity contribution >= 4 is 21.4 Å². The molecule has 0 bridgehead atoms. The van der Waals surface area contributed by atoms with Gasteiger partial charge in [-0.1, -0.05) is 43.3 Å². The maximum atomic E-state index is 12.8. The van der Waals surface area contributed by atoms with E-state index < -0.39 is 9.84 Å². The van der Waals surface area contributed by atoms with Gasteiger partial charge in [0.2, 0.25) is 0 Å². The average molecular weight is 479 g/mol. The van der Waals surface area contributed by atoms with Crippen molar-refractivity contribution in [1.29, 1.82) is 0 Å². The number of carbonyl (C=O) groups is 1. The number of piperidine rings is 1. The number of carbonyl (C=O) groups excluding carboxylic acids is 1. The Hall–Kier alpha value is -3.32. The molecular weight excluding hydrogens is 448 g/mol. The fraction of sp³-hybridized carbons (Fsp3) is 0.296. The third kappa shape index (κ3) is 5.97. The number of benzene rings is 3. The molecule has 1 heterocycles. The van der Waals surface area contributed by atoms with Gasteiger partial charge in [-0.15, -0.1) is 0 Å². The zero-order chi connectivity index (χ0) is 24.0. The maximum Gasteiger partial charge on any atom is 0.251 e. The minimum atomic E-state index is -3.19. The van der Waals surface area contributed by atoms with Gasteiger partial charge in [0.15, 0.2) is 9.84 Å². The van der Waals surface area contributed by atoms with E-state index in [2.05, 4.69) is 10.2 Å². The van der Waals surface area contributed by atoms with Crippen molar-refractivity contribution in [3.63, 3.8) is 0 Å². The van der Waals surface area contributed by atoms with Crippen molar-refractivity contribution in [3.05, 3.63) is 90.0 Å². The molecule has 6 nitrogen and oxygen atoms in total. The van der Waals surface area contributed by atoms with E-state index in [4.69, 9.17) is 4.74 Å². The van der Waals surface area contributed by atoms with Crippen molar-refractivity contribution in [3.8, 4) is 5.75 Å². The summed E-state index contributed by atoms with van der Waals surface area (Å²) in [6, 6.07) is 24.4. The van der Waals surface area contributed by atoms with Gasteiger partial charge in [-0.05, 0) is 60.9 Å². The molecule has 178 valence electrons. The predicted octanol–water partition coefficient (Wildman–Crippen LogP) is 4.46. The predicted molar refractivity (Wildman–Crippen MR) is 134 cm³/mol. The largest absolute Gasteiger partial charge is 0.489 e. The van der Waals surface area contributed by atoms with Crippen LogP contribution < -0.4 is 15.0 Å². The van der Waals surface area contributed by atoms with Crippen LogP contribution in [0.5, 0.6) is 5.75 Å². The molecule has 3 aromatic rings. The fourth-order valence-electron chi connectivity index (χ4n) is 4.05. The van der Waals surface area contributed by atoms with E-state index in [9.17, 15) is 13.2 Å². The molecule has 7 heteroatoms. The molecule has 0 spiro atoms. The molecule has 34 heavy (non-hydrogen) atoms. The Kier molecular flexibility index (Phi) is 7.53.